The first-order valence-corrected chi connectivity index (χ1v) is 12.1. The summed E-state index contributed by atoms with van der Waals surface area (Å²) in [7, 11) is 4.10. The van der Waals surface area contributed by atoms with Crippen LogP contribution < -0.4 is 11.1 Å². The summed E-state index contributed by atoms with van der Waals surface area (Å²) in [5, 5.41) is 2.76. The summed E-state index contributed by atoms with van der Waals surface area (Å²) in [6, 6.07) is 11.6. The monoisotopic (exact) mass is 474 g/mol. The second-order valence-electron chi connectivity index (χ2n) is 9.69. The lowest BCUT2D eigenvalue weighted by molar-refractivity contribution is 0.0853. The molecule has 2 aromatic carbocycles. The maximum Gasteiger partial charge on any atom is 0.251 e. The van der Waals surface area contributed by atoms with Gasteiger partial charge in [0.25, 0.3) is 5.91 Å². The van der Waals surface area contributed by atoms with Crippen LogP contribution in [0.2, 0.25) is 0 Å². The van der Waals surface area contributed by atoms with Crippen molar-refractivity contribution in [2.45, 2.75) is 31.7 Å². The number of benzene rings is 2. The molecule has 5 rings (SSSR count). The molecule has 1 fully saturated rings. The lowest BCUT2D eigenvalue weighted by atomic mass is 9.87. The van der Waals surface area contributed by atoms with E-state index in [9.17, 15) is 4.79 Å². The lowest BCUT2D eigenvalue weighted by Crippen LogP contribution is -2.32. The van der Waals surface area contributed by atoms with Gasteiger partial charge in [0.2, 0.25) is 0 Å². The Bertz CT molecular complexity index is 1270. The quantitative estimate of drug-likeness (QED) is 0.574. The van der Waals surface area contributed by atoms with Gasteiger partial charge in [0.1, 0.15) is 11.6 Å². The number of hydrogen-bond donors (Lipinski definition) is 2. The summed E-state index contributed by atoms with van der Waals surface area (Å²) < 4.78 is 20.7. The highest BCUT2D eigenvalue weighted by Crippen LogP contribution is 2.36. The predicted octanol–water partition coefficient (Wildman–Crippen LogP) is 4.38. The molecule has 1 aromatic heterocycles. The zero-order chi connectivity index (χ0) is 24.5. The fraction of sp³-hybridized carbons (Fsp3) is 0.357. The van der Waals surface area contributed by atoms with Crippen molar-refractivity contribution in [2.75, 3.05) is 39.6 Å². The van der Waals surface area contributed by atoms with Gasteiger partial charge < -0.3 is 20.7 Å². The molecule has 1 saturated heterocycles. The van der Waals surface area contributed by atoms with Crippen molar-refractivity contribution in [3.05, 3.63) is 70.7 Å². The Morgan fingerprint density at radius 3 is 2.66 bits per heavy atom. The number of amides is 1. The third-order valence-electron chi connectivity index (χ3n) is 6.95. The van der Waals surface area contributed by atoms with Crippen molar-refractivity contribution in [1.29, 1.82) is 0 Å². The SMILES string of the molecule is CN(C)Cc1cc(C2CCOCC2)ccc1-c1cnc(N)c(-c2cc3c(cc2F)C(=O)NCC3)c1. The molecule has 0 radical (unpaired) electrons. The molecule has 0 saturated carbocycles. The van der Waals surface area contributed by atoms with Gasteiger partial charge in [-0.3, -0.25) is 4.79 Å². The van der Waals surface area contributed by atoms with Gasteiger partial charge in [-0.2, -0.15) is 0 Å². The molecule has 6 nitrogen and oxygen atoms in total. The van der Waals surface area contributed by atoms with Crippen LogP contribution in [0.1, 0.15) is 45.8 Å². The first-order chi connectivity index (χ1) is 16.9. The van der Waals surface area contributed by atoms with Crippen LogP contribution in [-0.2, 0) is 17.7 Å². The number of hydrogen-bond acceptors (Lipinski definition) is 5. The molecule has 2 aliphatic rings. The van der Waals surface area contributed by atoms with Gasteiger partial charge in [-0.25, -0.2) is 9.37 Å². The van der Waals surface area contributed by atoms with Crippen molar-refractivity contribution < 1.29 is 13.9 Å². The highest BCUT2D eigenvalue weighted by atomic mass is 19.1. The van der Waals surface area contributed by atoms with Gasteiger partial charge in [0.05, 0.1) is 0 Å². The van der Waals surface area contributed by atoms with Gasteiger partial charge in [-0.05, 0) is 79.7 Å². The molecule has 3 aromatic rings. The van der Waals surface area contributed by atoms with Gasteiger partial charge >= 0.3 is 0 Å². The molecule has 0 spiro atoms. The first-order valence-electron chi connectivity index (χ1n) is 12.1. The number of nitrogens with two attached hydrogens (primary N) is 1. The van der Waals surface area contributed by atoms with E-state index in [0.29, 0.717) is 35.6 Å². The van der Waals surface area contributed by atoms with Crippen molar-refractivity contribution in [2.24, 2.45) is 0 Å². The Morgan fingerprint density at radius 2 is 1.89 bits per heavy atom. The number of nitrogen functional groups attached to an aromatic ring is 1. The van der Waals surface area contributed by atoms with Crippen LogP contribution in [0.3, 0.4) is 0 Å². The van der Waals surface area contributed by atoms with E-state index in [1.165, 1.54) is 17.2 Å². The van der Waals surface area contributed by atoms with Crippen LogP contribution in [0.15, 0.2) is 42.6 Å². The van der Waals surface area contributed by atoms with Crippen molar-refractivity contribution in [1.82, 2.24) is 15.2 Å². The molecule has 182 valence electrons. The molecular weight excluding hydrogens is 443 g/mol. The predicted molar refractivity (Wildman–Crippen MR) is 136 cm³/mol. The summed E-state index contributed by atoms with van der Waals surface area (Å²) in [5.41, 5.74) is 12.8. The Balaban J connectivity index is 1.57. The summed E-state index contributed by atoms with van der Waals surface area (Å²) in [6.45, 7) is 2.91. The topological polar surface area (TPSA) is 80.5 Å². The van der Waals surface area contributed by atoms with Gasteiger partial charge in [-0.1, -0.05) is 18.2 Å². The first kappa shape index (κ1) is 23.5. The van der Waals surface area contributed by atoms with Crippen LogP contribution >= 0.6 is 0 Å². The van der Waals surface area contributed by atoms with E-state index in [0.717, 1.165) is 49.3 Å². The number of aromatic nitrogens is 1. The number of ether oxygens (including phenoxy) is 1. The van der Waals surface area contributed by atoms with E-state index in [-0.39, 0.29) is 11.7 Å². The summed E-state index contributed by atoms with van der Waals surface area (Å²) in [5.74, 6) is 0.0470. The zero-order valence-corrected chi connectivity index (χ0v) is 20.2. The van der Waals surface area contributed by atoms with Gasteiger partial charge in [0.15, 0.2) is 0 Å². The van der Waals surface area contributed by atoms with E-state index in [2.05, 4.69) is 47.5 Å². The van der Waals surface area contributed by atoms with Crippen molar-refractivity contribution >= 4 is 11.7 Å². The third-order valence-corrected chi connectivity index (χ3v) is 6.95. The Labute approximate surface area is 205 Å². The number of fused-ring (bicyclic) bond motifs is 1. The average Bonchev–Trinajstić information content (AvgIpc) is 2.85. The van der Waals surface area contributed by atoms with E-state index in [4.69, 9.17) is 10.5 Å². The number of anilines is 1. The molecule has 1 amide bonds. The average molecular weight is 475 g/mol. The zero-order valence-electron chi connectivity index (χ0n) is 20.2. The normalized spacial score (nSPS) is 16.3. The van der Waals surface area contributed by atoms with Gasteiger partial charge in [-0.15, -0.1) is 0 Å². The third kappa shape index (κ3) is 4.79. The largest absolute Gasteiger partial charge is 0.383 e. The summed E-state index contributed by atoms with van der Waals surface area (Å²) >= 11 is 0. The van der Waals surface area contributed by atoms with E-state index < -0.39 is 5.82 Å². The molecule has 0 aliphatic carbocycles. The maximum atomic E-state index is 15.2. The Hall–Kier alpha value is -3.29. The number of nitrogens with zero attached hydrogens (tertiary/aromatic N) is 2. The molecular formula is C28H31FN4O2. The number of halogens is 1. The molecule has 35 heavy (non-hydrogen) atoms. The second-order valence-corrected chi connectivity index (χ2v) is 9.69. The highest BCUT2D eigenvalue weighted by molar-refractivity contribution is 5.97. The minimum absolute atomic E-state index is 0.241. The minimum Gasteiger partial charge on any atom is -0.383 e. The lowest BCUT2D eigenvalue weighted by Gasteiger charge is -2.24. The van der Waals surface area contributed by atoms with Crippen molar-refractivity contribution in [3.8, 4) is 22.3 Å². The number of carbonyl (C=O) groups excluding carboxylic acids is 1. The van der Waals surface area contributed by atoms with E-state index in [1.807, 2.05) is 6.07 Å². The smallest absolute Gasteiger partial charge is 0.251 e. The van der Waals surface area contributed by atoms with Crippen LogP contribution in [0, 0.1) is 5.82 Å². The molecule has 0 atom stereocenters. The number of pyridine rings is 1. The Kier molecular flexibility index (Phi) is 6.54. The molecule has 0 bridgehead atoms. The summed E-state index contributed by atoms with van der Waals surface area (Å²) in [4.78, 5) is 18.7. The molecule has 7 heteroatoms. The Morgan fingerprint density at radius 1 is 1.09 bits per heavy atom. The highest BCUT2D eigenvalue weighted by Gasteiger charge is 2.22. The second kappa shape index (κ2) is 9.76. The summed E-state index contributed by atoms with van der Waals surface area (Å²) in [6.07, 6.45) is 4.47. The maximum absolute atomic E-state index is 15.2. The number of rotatable bonds is 5. The number of nitrogens with one attached hydrogen (secondary N) is 1. The molecule has 2 aliphatic heterocycles. The van der Waals surface area contributed by atoms with Crippen LogP contribution in [0.4, 0.5) is 10.2 Å². The standard InChI is InChI=1S/C28H31FN4O2/c1-33(2)16-21-11-18(17-6-9-35-10-7-17)3-4-22(21)20-13-25(27(30)32-15-20)24-12-19-5-8-31-28(34)23(19)14-26(24)29/h3-4,11-15,17H,5-10,16H2,1-2H3,(H2,30,32)(H,31,34). The van der Waals surface area contributed by atoms with Gasteiger partial charge in [0, 0.05) is 54.8 Å². The van der Waals surface area contributed by atoms with Crippen molar-refractivity contribution in [3.63, 3.8) is 0 Å². The van der Waals surface area contributed by atoms with E-state index >= 15 is 4.39 Å². The van der Waals surface area contributed by atoms with Crippen LogP contribution in [-0.4, -0.2) is 49.6 Å². The molecule has 3 N–H and O–H groups in total. The fourth-order valence-electron chi connectivity index (χ4n) is 5.14. The molecule has 0 unspecified atom stereocenters. The van der Waals surface area contributed by atoms with E-state index in [1.54, 1.807) is 12.3 Å². The fourth-order valence-corrected chi connectivity index (χ4v) is 5.14. The minimum atomic E-state index is -0.477. The molecule has 3 heterocycles. The van der Waals surface area contributed by atoms with Crippen LogP contribution in [0.25, 0.3) is 22.3 Å². The number of carbonyl (C=O) groups is 1. The van der Waals surface area contributed by atoms with Crippen LogP contribution in [0.5, 0.6) is 0 Å².